The second kappa shape index (κ2) is 16.4. The maximum atomic E-state index is 13.1. The molecule has 0 bridgehead atoms. The van der Waals surface area contributed by atoms with E-state index in [2.05, 4.69) is 30.9 Å². The zero-order chi connectivity index (χ0) is 31.2. The fourth-order valence-corrected chi connectivity index (χ4v) is 4.12. The molecule has 0 fully saturated rings. The molecule has 0 saturated carbocycles. The molecule has 2 rings (SSSR count). The van der Waals surface area contributed by atoms with Gasteiger partial charge in [0.25, 0.3) is 0 Å². The summed E-state index contributed by atoms with van der Waals surface area (Å²) in [6.07, 6.45) is 2.85. The first kappa shape index (κ1) is 33.3. The fourth-order valence-electron chi connectivity index (χ4n) is 4.12. The summed E-state index contributed by atoms with van der Waals surface area (Å²) in [5, 5.41) is 18.0. The molecule has 42 heavy (non-hydrogen) atoms. The lowest BCUT2D eigenvalue weighted by Gasteiger charge is -2.23. The van der Waals surface area contributed by atoms with Crippen LogP contribution in [0.3, 0.4) is 0 Å². The number of nitrogens with two attached hydrogens (primary N) is 5. The lowest BCUT2D eigenvalue weighted by atomic mass is 10.0. The van der Waals surface area contributed by atoms with Crippen molar-refractivity contribution in [1.29, 1.82) is 0 Å². The maximum absolute atomic E-state index is 13.1. The molecule has 4 unspecified atom stereocenters. The Morgan fingerprint density at radius 2 is 1.43 bits per heavy atom. The number of carboxylic acids is 1. The Kier molecular flexibility index (Phi) is 13.0. The van der Waals surface area contributed by atoms with E-state index in [1.54, 1.807) is 6.20 Å². The van der Waals surface area contributed by atoms with Crippen LogP contribution in [0.5, 0.6) is 0 Å². The molecule has 1 aromatic carbocycles. The van der Waals surface area contributed by atoms with Crippen LogP contribution in [-0.2, 0) is 25.6 Å². The summed E-state index contributed by atoms with van der Waals surface area (Å²) in [5.74, 6) is -3.43. The summed E-state index contributed by atoms with van der Waals surface area (Å²) in [5.41, 5.74) is 29.2. The van der Waals surface area contributed by atoms with E-state index >= 15 is 0 Å². The number of nitrogens with zero attached hydrogens (tertiary/aromatic N) is 2. The van der Waals surface area contributed by atoms with Crippen LogP contribution in [0.4, 0.5) is 0 Å². The molecule has 1 aromatic heterocycles. The number of guanidine groups is 2. The number of fused-ring (bicyclic) bond motifs is 1. The number of aliphatic imine (C=N–C) groups is 2. The van der Waals surface area contributed by atoms with Gasteiger partial charge in [-0.1, -0.05) is 18.2 Å². The molecular weight excluding hydrogens is 546 g/mol. The number of para-hydroxylation sites is 1. The van der Waals surface area contributed by atoms with E-state index in [1.807, 2.05) is 24.3 Å². The third-order valence-electron chi connectivity index (χ3n) is 6.34. The summed E-state index contributed by atoms with van der Waals surface area (Å²) in [6, 6.07) is 3.22. The molecule has 0 saturated heterocycles. The van der Waals surface area contributed by atoms with Crippen LogP contribution in [0.2, 0.25) is 0 Å². The van der Waals surface area contributed by atoms with Crippen molar-refractivity contribution in [3.63, 3.8) is 0 Å². The van der Waals surface area contributed by atoms with Gasteiger partial charge in [0.05, 0.1) is 6.04 Å². The Morgan fingerprint density at radius 3 is 2.02 bits per heavy atom. The minimum atomic E-state index is -1.25. The monoisotopic (exact) mass is 587 g/mol. The second-order valence-corrected chi connectivity index (χ2v) is 9.76. The van der Waals surface area contributed by atoms with Gasteiger partial charge in [0.15, 0.2) is 11.9 Å². The van der Waals surface area contributed by atoms with E-state index in [-0.39, 0.29) is 44.3 Å². The summed E-state index contributed by atoms with van der Waals surface area (Å²) in [7, 11) is 0. The predicted octanol–water partition coefficient (Wildman–Crippen LogP) is -2.30. The highest BCUT2D eigenvalue weighted by molar-refractivity contribution is 5.94. The van der Waals surface area contributed by atoms with Crippen molar-refractivity contribution < 1.29 is 24.3 Å². The van der Waals surface area contributed by atoms with Gasteiger partial charge >= 0.3 is 5.97 Å². The van der Waals surface area contributed by atoms with E-state index in [0.717, 1.165) is 16.5 Å². The van der Waals surface area contributed by atoms with Crippen molar-refractivity contribution in [2.24, 2.45) is 38.7 Å². The predicted molar refractivity (Wildman–Crippen MR) is 159 cm³/mol. The van der Waals surface area contributed by atoms with Crippen LogP contribution in [-0.4, -0.2) is 83.0 Å². The zero-order valence-electron chi connectivity index (χ0n) is 23.5. The van der Waals surface area contributed by atoms with Crippen LogP contribution in [0.1, 0.15) is 38.2 Å². The maximum Gasteiger partial charge on any atom is 0.326 e. The van der Waals surface area contributed by atoms with Gasteiger partial charge in [-0.15, -0.1) is 0 Å². The van der Waals surface area contributed by atoms with E-state index in [4.69, 9.17) is 28.7 Å². The number of benzene rings is 1. The molecule has 1 heterocycles. The first-order chi connectivity index (χ1) is 19.9. The van der Waals surface area contributed by atoms with Gasteiger partial charge < -0.3 is 54.7 Å². The van der Waals surface area contributed by atoms with Crippen molar-refractivity contribution in [2.75, 3.05) is 13.1 Å². The number of nitrogens with one attached hydrogen (secondary N) is 4. The summed E-state index contributed by atoms with van der Waals surface area (Å²) >= 11 is 0. The largest absolute Gasteiger partial charge is 0.480 e. The molecule has 4 atom stereocenters. The second-order valence-electron chi connectivity index (χ2n) is 9.76. The van der Waals surface area contributed by atoms with Gasteiger partial charge in [-0.05, 0) is 50.7 Å². The highest BCUT2D eigenvalue weighted by Crippen LogP contribution is 2.18. The first-order valence-electron chi connectivity index (χ1n) is 13.4. The van der Waals surface area contributed by atoms with Crippen LogP contribution in [0, 0.1) is 0 Å². The Morgan fingerprint density at radius 1 is 0.857 bits per heavy atom. The summed E-state index contributed by atoms with van der Waals surface area (Å²) in [6.45, 7) is 1.80. The molecule has 230 valence electrons. The van der Waals surface area contributed by atoms with Gasteiger partial charge in [0, 0.05) is 30.2 Å². The SMILES string of the molecule is CC(NC(=O)C(CCCN=C(N)N)NC(=O)C(N)Cc1c[nH]c2ccccc12)C(=O)NC(CCCN=C(N)N)C(=O)O. The number of aromatic amines is 1. The van der Waals surface area contributed by atoms with Gasteiger partial charge in [0.1, 0.15) is 18.1 Å². The van der Waals surface area contributed by atoms with Gasteiger partial charge in [0.2, 0.25) is 17.7 Å². The number of amides is 3. The van der Waals surface area contributed by atoms with E-state index < -0.39 is 47.9 Å². The van der Waals surface area contributed by atoms with Crippen LogP contribution in [0.15, 0.2) is 40.4 Å². The molecule has 15 N–H and O–H groups in total. The summed E-state index contributed by atoms with van der Waals surface area (Å²) in [4.78, 5) is 61.2. The number of carbonyl (C=O) groups is 4. The van der Waals surface area contributed by atoms with Gasteiger partial charge in [-0.2, -0.15) is 0 Å². The van der Waals surface area contributed by atoms with Crippen molar-refractivity contribution in [3.05, 3.63) is 36.0 Å². The lowest BCUT2D eigenvalue weighted by molar-refractivity contribution is -0.142. The topological polar surface area (TPSA) is 295 Å². The number of aliphatic carboxylic acids is 1. The molecule has 16 nitrogen and oxygen atoms in total. The van der Waals surface area contributed by atoms with E-state index in [9.17, 15) is 24.3 Å². The fraction of sp³-hybridized carbons (Fsp3) is 0.462. The Labute approximate surface area is 242 Å². The summed E-state index contributed by atoms with van der Waals surface area (Å²) < 4.78 is 0. The molecule has 0 radical (unpaired) electrons. The van der Waals surface area contributed by atoms with Crippen LogP contribution < -0.4 is 44.6 Å². The van der Waals surface area contributed by atoms with E-state index in [0.29, 0.717) is 12.8 Å². The lowest BCUT2D eigenvalue weighted by Crippen LogP contribution is -2.56. The Balaban J connectivity index is 2.03. The number of carbonyl (C=O) groups excluding carboxylic acids is 3. The van der Waals surface area contributed by atoms with Crippen LogP contribution >= 0.6 is 0 Å². The molecule has 0 aliphatic rings. The average Bonchev–Trinajstić information content (AvgIpc) is 3.33. The van der Waals surface area contributed by atoms with Crippen molar-refractivity contribution in [2.45, 2.75) is 63.2 Å². The normalized spacial score (nSPS) is 13.7. The standard InChI is InChI=1S/C26H41N11O5/c1-14(21(38)37-20(24(41)42)9-5-11-33-26(30)31)35-23(40)19(8-4-10-32-25(28)29)36-22(39)17(27)12-15-13-34-18-7-3-2-6-16(15)18/h2-3,6-7,13-14,17,19-20,34H,4-5,8-12,27H2,1H3,(H,35,40)(H,36,39)(H,37,38)(H,41,42)(H4,28,29,32)(H4,30,31,33). The minimum absolute atomic E-state index is 0.0658. The van der Waals surface area contributed by atoms with E-state index in [1.165, 1.54) is 6.92 Å². The highest BCUT2D eigenvalue weighted by atomic mass is 16.4. The van der Waals surface area contributed by atoms with Gasteiger partial charge in [-0.25, -0.2) is 4.79 Å². The number of carboxylic acid groups (broad SMARTS) is 1. The Bertz CT molecular complexity index is 1280. The zero-order valence-corrected chi connectivity index (χ0v) is 23.5. The quantitative estimate of drug-likeness (QED) is 0.0536. The van der Waals surface area contributed by atoms with Gasteiger partial charge in [-0.3, -0.25) is 24.4 Å². The number of H-pyrrole nitrogens is 1. The third-order valence-corrected chi connectivity index (χ3v) is 6.34. The molecule has 0 aliphatic heterocycles. The van der Waals surface area contributed by atoms with Crippen molar-refractivity contribution in [3.8, 4) is 0 Å². The molecule has 16 heteroatoms. The average molecular weight is 588 g/mol. The number of rotatable bonds is 17. The molecule has 0 aliphatic carbocycles. The minimum Gasteiger partial charge on any atom is -0.480 e. The number of hydrogen-bond donors (Lipinski definition) is 10. The van der Waals surface area contributed by atoms with Crippen molar-refractivity contribution in [1.82, 2.24) is 20.9 Å². The molecular formula is C26H41N11O5. The van der Waals surface area contributed by atoms with Crippen LogP contribution in [0.25, 0.3) is 10.9 Å². The smallest absolute Gasteiger partial charge is 0.326 e. The third kappa shape index (κ3) is 11.0. The molecule has 2 aromatic rings. The number of hydrogen-bond acceptors (Lipinski definition) is 7. The highest BCUT2D eigenvalue weighted by Gasteiger charge is 2.28. The first-order valence-corrected chi connectivity index (χ1v) is 13.4. The number of aromatic nitrogens is 1. The molecule has 3 amide bonds. The molecule has 0 spiro atoms. The van der Waals surface area contributed by atoms with Crippen molar-refractivity contribution >= 4 is 46.5 Å². The Hall–Kier alpha value is -4.86.